The predicted molar refractivity (Wildman–Crippen MR) is 127 cm³/mol. The predicted octanol–water partition coefficient (Wildman–Crippen LogP) is 5.19. The molecule has 0 unspecified atom stereocenters. The molecule has 1 aromatic heterocycles. The Morgan fingerprint density at radius 2 is 1.85 bits per heavy atom. The molecule has 2 aromatic carbocycles. The van der Waals surface area contributed by atoms with Crippen molar-refractivity contribution in [3.63, 3.8) is 0 Å². The average molecular weight is 459 g/mol. The van der Waals surface area contributed by atoms with E-state index in [2.05, 4.69) is 16.4 Å². The molecule has 0 bridgehead atoms. The second-order valence-corrected chi connectivity index (χ2v) is 8.55. The van der Waals surface area contributed by atoms with Crippen molar-refractivity contribution in [2.45, 2.75) is 25.7 Å². The fourth-order valence-corrected chi connectivity index (χ4v) is 4.27. The first-order chi connectivity index (χ1) is 16.0. The summed E-state index contributed by atoms with van der Waals surface area (Å²) in [5.41, 5.74) is 4.15. The number of benzene rings is 2. The van der Waals surface area contributed by atoms with Crippen molar-refractivity contribution >= 4 is 29.1 Å². The zero-order valence-electron chi connectivity index (χ0n) is 18.2. The molecule has 7 heteroatoms. The summed E-state index contributed by atoms with van der Waals surface area (Å²) in [5.74, 6) is -0.0242. The molecule has 2 amide bonds. The summed E-state index contributed by atoms with van der Waals surface area (Å²) in [5, 5.41) is 12.1. The highest BCUT2D eigenvalue weighted by Crippen LogP contribution is 2.29. The van der Waals surface area contributed by atoms with Crippen molar-refractivity contribution in [3.8, 4) is 6.07 Å². The van der Waals surface area contributed by atoms with Crippen molar-refractivity contribution < 1.29 is 9.59 Å². The molecule has 1 fully saturated rings. The topological polar surface area (TPSA) is 86.1 Å². The van der Waals surface area contributed by atoms with Crippen molar-refractivity contribution in [1.29, 1.82) is 5.26 Å². The van der Waals surface area contributed by atoms with Gasteiger partial charge in [0.15, 0.2) is 0 Å². The Morgan fingerprint density at radius 3 is 2.52 bits per heavy atom. The van der Waals surface area contributed by atoms with E-state index in [1.807, 2.05) is 42.2 Å². The number of likely N-dealkylation sites (tertiary alicyclic amines) is 1. The van der Waals surface area contributed by atoms with Gasteiger partial charge in [-0.25, -0.2) is 0 Å². The highest BCUT2D eigenvalue weighted by molar-refractivity contribution is 6.34. The number of nitrogens with one attached hydrogen (secondary N) is 1. The van der Waals surface area contributed by atoms with Gasteiger partial charge in [-0.1, -0.05) is 29.8 Å². The van der Waals surface area contributed by atoms with E-state index in [1.165, 1.54) is 18.0 Å². The standard InChI is InChI=1S/C26H23ClN4O2/c1-17-2-5-21(14-24(17)30-25(32)22-8-11-29-16-23(22)27)26(33)31-12-9-20(10-13-31)19-6-3-18(15-28)4-7-19/h2-8,11,14,16,20H,9-10,12-13H2,1H3,(H,30,32). The van der Waals surface area contributed by atoms with Gasteiger partial charge in [-0.2, -0.15) is 5.26 Å². The molecule has 0 radical (unpaired) electrons. The number of nitrogens with zero attached hydrogens (tertiary/aromatic N) is 3. The number of halogens is 1. The van der Waals surface area contributed by atoms with Gasteiger partial charge in [0.05, 0.1) is 22.2 Å². The SMILES string of the molecule is Cc1ccc(C(=O)N2CCC(c3ccc(C#N)cc3)CC2)cc1NC(=O)c1ccncc1Cl. The van der Waals surface area contributed by atoms with E-state index >= 15 is 0 Å². The lowest BCUT2D eigenvalue weighted by atomic mass is 9.89. The fourth-order valence-electron chi connectivity index (χ4n) is 4.07. The van der Waals surface area contributed by atoms with Crippen LogP contribution in [0.4, 0.5) is 5.69 Å². The van der Waals surface area contributed by atoms with Crippen LogP contribution < -0.4 is 5.32 Å². The van der Waals surface area contributed by atoms with Gasteiger partial charge in [0.2, 0.25) is 0 Å². The van der Waals surface area contributed by atoms with Crippen LogP contribution >= 0.6 is 11.6 Å². The summed E-state index contributed by atoms with van der Waals surface area (Å²) in [6.07, 6.45) is 4.67. The lowest BCUT2D eigenvalue weighted by Crippen LogP contribution is -2.38. The Morgan fingerprint density at radius 1 is 1.12 bits per heavy atom. The van der Waals surface area contributed by atoms with Crippen LogP contribution in [-0.4, -0.2) is 34.8 Å². The van der Waals surface area contributed by atoms with Crippen LogP contribution in [0.15, 0.2) is 60.9 Å². The molecule has 1 saturated heterocycles. The number of nitriles is 1. The van der Waals surface area contributed by atoms with Crippen LogP contribution in [0.3, 0.4) is 0 Å². The largest absolute Gasteiger partial charge is 0.339 e. The molecule has 0 saturated carbocycles. The molecule has 2 heterocycles. The third-order valence-corrected chi connectivity index (χ3v) is 6.34. The number of carbonyl (C=O) groups is 2. The van der Waals surface area contributed by atoms with E-state index < -0.39 is 0 Å². The van der Waals surface area contributed by atoms with Crippen molar-refractivity contribution in [1.82, 2.24) is 9.88 Å². The first kappa shape index (κ1) is 22.5. The monoisotopic (exact) mass is 458 g/mol. The molecule has 1 aliphatic rings. The van der Waals surface area contributed by atoms with Gasteiger partial charge in [-0.15, -0.1) is 0 Å². The fraction of sp³-hybridized carbons (Fsp3) is 0.231. The maximum Gasteiger partial charge on any atom is 0.257 e. The minimum absolute atomic E-state index is 0.0503. The summed E-state index contributed by atoms with van der Waals surface area (Å²) in [4.78, 5) is 31.5. The number of anilines is 1. The van der Waals surface area contributed by atoms with E-state index in [-0.39, 0.29) is 16.8 Å². The van der Waals surface area contributed by atoms with Gasteiger partial charge in [0.1, 0.15) is 0 Å². The highest BCUT2D eigenvalue weighted by atomic mass is 35.5. The van der Waals surface area contributed by atoms with E-state index in [0.29, 0.717) is 41.4 Å². The first-order valence-corrected chi connectivity index (χ1v) is 11.1. The quantitative estimate of drug-likeness (QED) is 0.583. The number of hydrogen-bond donors (Lipinski definition) is 1. The number of hydrogen-bond acceptors (Lipinski definition) is 4. The number of aryl methyl sites for hydroxylation is 1. The Bertz CT molecular complexity index is 1230. The zero-order chi connectivity index (χ0) is 23.4. The molecule has 0 spiro atoms. The van der Waals surface area contributed by atoms with E-state index in [1.54, 1.807) is 18.2 Å². The summed E-state index contributed by atoms with van der Waals surface area (Å²) >= 11 is 6.08. The van der Waals surface area contributed by atoms with Crippen LogP contribution in [0.25, 0.3) is 0 Å². The van der Waals surface area contributed by atoms with Crippen molar-refractivity contribution in [3.05, 3.63) is 93.8 Å². The average Bonchev–Trinajstić information content (AvgIpc) is 2.85. The van der Waals surface area contributed by atoms with Gasteiger partial charge in [-0.05, 0) is 67.1 Å². The van der Waals surface area contributed by atoms with E-state index in [4.69, 9.17) is 16.9 Å². The second-order valence-electron chi connectivity index (χ2n) is 8.14. The third-order valence-electron chi connectivity index (χ3n) is 6.04. The molecule has 0 aliphatic carbocycles. The van der Waals surface area contributed by atoms with Gasteiger partial charge >= 0.3 is 0 Å². The number of carbonyl (C=O) groups excluding carboxylic acids is 2. The number of rotatable bonds is 4. The zero-order valence-corrected chi connectivity index (χ0v) is 19.0. The molecule has 1 N–H and O–H groups in total. The molecule has 0 atom stereocenters. The van der Waals surface area contributed by atoms with Crippen LogP contribution in [0, 0.1) is 18.3 Å². The first-order valence-electron chi connectivity index (χ1n) is 10.8. The Kier molecular flexibility index (Phi) is 6.71. The molecule has 6 nitrogen and oxygen atoms in total. The van der Waals surface area contributed by atoms with Crippen LogP contribution in [0.5, 0.6) is 0 Å². The van der Waals surface area contributed by atoms with E-state index in [0.717, 1.165) is 18.4 Å². The maximum atomic E-state index is 13.1. The summed E-state index contributed by atoms with van der Waals surface area (Å²) < 4.78 is 0. The molecule has 33 heavy (non-hydrogen) atoms. The Hall–Kier alpha value is -3.69. The van der Waals surface area contributed by atoms with Crippen LogP contribution in [0.2, 0.25) is 5.02 Å². The highest BCUT2D eigenvalue weighted by Gasteiger charge is 2.25. The number of piperidine rings is 1. The number of aromatic nitrogens is 1. The van der Waals surface area contributed by atoms with Gasteiger partial charge in [0, 0.05) is 36.7 Å². The Labute approximate surface area is 197 Å². The Balaban J connectivity index is 1.43. The smallest absolute Gasteiger partial charge is 0.257 e. The van der Waals surface area contributed by atoms with Crippen molar-refractivity contribution in [2.24, 2.45) is 0 Å². The van der Waals surface area contributed by atoms with Gasteiger partial charge < -0.3 is 10.2 Å². The van der Waals surface area contributed by atoms with Gasteiger partial charge in [-0.3, -0.25) is 14.6 Å². The number of pyridine rings is 1. The molecule has 1 aliphatic heterocycles. The minimum Gasteiger partial charge on any atom is -0.339 e. The normalized spacial score (nSPS) is 13.9. The summed E-state index contributed by atoms with van der Waals surface area (Å²) in [7, 11) is 0. The van der Waals surface area contributed by atoms with Gasteiger partial charge in [0.25, 0.3) is 11.8 Å². The lowest BCUT2D eigenvalue weighted by Gasteiger charge is -2.32. The second kappa shape index (κ2) is 9.85. The third kappa shape index (κ3) is 5.05. The maximum absolute atomic E-state index is 13.1. The molecular formula is C26H23ClN4O2. The van der Waals surface area contributed by atoms with Crippen LogP contribution in [-0.2, 0) is 0 Å². The van der Waals surface area contributed by atoms with Crippen LogP contribution in [0.1, 0.15) is 56.2 Å². The molecule has 3 aromatic rings. The lowest BCUT2D eigenvalue weighted by molar-refractivity contribution is 0.0712. The summed E-state index contributed by atoms with van der Waals surface area (Å²) in [6.45, 7) is 3.19. The number of amides is 2. The molecule has 4 rings (SSSR count). The molecular weight excluding hydrogens is 436 g/mol. The summed E-state index contributed by atoms with van der Waals surface area (Å²) in [6, 6.07) is 16.7. The minimum atomic E-state index is -0.349. The van der Waals surface area contributed by atoms with Crippen molar-refractivity contribution in [2.75, 3.05) is 18.4 Å². The molecule has 166 valence electrons. The van der Waals surface area contributed by atoms with E-state index in [9.17, 15) is 9.59 Å².